The number of piperazine rings is 1. The van der Waals surface area contributed by atoms with Crippen molar-refractivity contribution in [3.05, 3.63) is 42.0 Å². The molecule has 0 saturated carbocycles. The maximum Gasteiger partial charge on any atom is 0.409 e. The van der Waals surface area contributed by atoms with Crippen LogP contribution in [0, 0.1) is 5.82 Å². The lowest BCUT2D eigenvalue weighted by molar-refractivity contribution is 0.0484. The fourth-order valence-electron chi connectivity index (χ4n) is 8.59. The highest BCUT2D eigenvalue weighted by Crippen LogP contribution is 2.43. The van der Waals surface area contributed by atoms with E-state index in [9.17, 15) is 9.90 Å². The first-order valence-electron chi connectivity index (χ1n) is 17.2. The van der Waals surface area contributed by atoms with Crippen molar-refractivity contribution >= 4 is 33.8 Å². The summed E-state index contributed by atoms with van der Waals surface area (Å²) in [5.74, 6) is 0.507. The molecule has 6 heterocycles. The summed E-state index contributed by atoms with van der Waals surface area (Å²) in [6, 6.07) is 7.62. The summed E-state index contributed by atoms with van der Waals surface area (Å²) >= 11 is 0. The maximum absolute atomic E-state index is 15.1. The third kappa shape index (κ3) is 5.27. The Labute approximate surface area is 278 Å². The van der Waals surface area contributed by atoms with Gasteiger partial charge in [0.15, 0.2) is 17.0 Å². The van der Waals surface area contributed by atoms with E-state index in [2.05, 4.69) is 15.1 Å². The van der Waals surface area contributed by atoms with Crippen molar-refractivity contribution in [1.29, 1.82) is 0 Å². The first kappa shape index (κ1) is 31.1. The molecule has 12 nitrogen and oxygen atoms in total. The van der Waals surface area contributed by atoms with E-state index in [1.807, 2.05) is 11.5 Å². The van der Waals surface area contributed by atoms with Crippen LogP contribution in [0.2, 0.25) is 0 Å². The SMILES string of the molecule is CCc1c(F)ccc2cc(O)cc(-n3cnc4c(N5CC6CCC(C5)N6)nc(OCC56CCCN5[C@@H](COC(=O)N(C)C)CC6)nc43)c12. The lowest BCUT2D eigenvalue weighted by atomic mass is 9.95. The van der Waals surface area contributed by atoms with Crippen LogP contribution < -0.4 is 15.0 Å². The number of phenols is 1. The Morgan fingerprint density at radius 3 is 2.73 bits per heavy atom. The number of benzene rings is 2. The molecule has 0 radical (unpaired) electrons. The highest BCUT2D eigenvalue weighted by molar-refractivity contribution is 5.96. The van der Waals surface area contributed by atoms with Crippen LogP contribution in [-0.2, 0) is 11.2 Å². The second-order valence-corrected chi connectivity index (χ2v) is 14.1. The number of fused-ring (bicyclic) bond motifs is 5. The minimum Gasteiger partial charge on any atom is -0.508 e. The number of carbonyl (C=O) groups is 1. The van der Waals surface area contributed by atoms with Crippen LogP contribution in [0.1, 0.15) is 51.0 Å². The largest absolute Gasteiger partial charge is 0.508 e. The van der Waals surface area contributed by atoms with Crippen LogP contribution in [0.5, 0.6) is 11.8 Å². The van der Waals surface area contributed by atoms with E-state index in [0.717, 1.165) is 69.4 Å². The summed E-state index contributed by atoms with van der Waals surface area (Å²) in [5.41, 5.74) is 2.17. The lowest BCUT2D eigenvalue weighted by Gasteiger charge is -2.35. The van der Waals surface area contributed by atoms with Crippen LogP contribution >= 0.6 is 0 Å². The van der Waals surface area contributed by atoms with Crippen molar-refractivity contribution in [1.82, 2.24) is 34.6 Å². The molecule has 0 spiro atoms. The number of nitrogens with one attached hydrogen (secondary N) is 1. The maximum atomic E-state index is 15.1. The van der Waals surface area contributed by atoms with Crippen molar-refractivity contribution in [2.24, 2.45) is 0 Å². The number of ether oxygens (including phenoxy) is 2. The molecular weight excluding hydrogens is 615 g/mol. The molecule has 4 atom stereocenters. The molecule has 1 amide bonds. The molecule has 13 heteroatoms. The van der Waals surface area contributed by atoms with Crippen molar-refractivity contribution in [3.8, 4) is 17.4 Å². The molecule has 2 N–H and O–H groups in total. The Morgan fingerprint density at radius 1 is 1.15 bits per heavy atom. The summed E-state index contributed by atoms with van der Waals surface area (Å²) < 4.78 is 29.1. The van der Waals surface area contributed by atoms with Gasteiger partial charge in [-0.2, -0.15) is 9.97 Å². The van der Waals surface area contributed by atoms with Crippen LogP contribution in [0.3, 0.4) is 0 Å². The summed E-state index contributed by atoms with van der Waals surface area (Å²) in [6.07, 6.45) is 7.98. The molecule has 0 aliphatic carbocycles. The second-order valence-electron chi connectivity index (χ2n) is 14.1. The molecule has 254 valence electrons. The molecule has 4 aromatic rings. The standard InChI is InChI=1S/C35H43FN8O4/c1-4-26-27(36)9-6-21-14-25(45)15-28(29(21)26)43-20-37-30-31(42-16-22-7-8-23(17-42)38-22)39-33(40-32(30)43)48-19-35-11-5-13-44(35)24(10-12-35)18-47-34(46)41(2)3/h6,9,14-15,20,22-24,38,45H,4-5,7-8,10-13,16-19H2,1-3H3/t22?,23?,24-,35?/m1/s1. The normalized spacial score (nSPS) is 25.2. The number of carbonyl (C=O) groups excluding carboxylic acids is 1. The molecule has 2 aromatic heterocycles. The molecule has 2 bridgehead atoms. The van der Waals surface area contributed by atoms with Crippen LogP contribution in [0.15, 0.2) is 30.6 Å². The van der Waals surface area contributed by atoms with Gasteiger partial charge in [-0.25, -0.2) is 14.2 Å². The minimum absolute atomic E-state index is 0.0740. The average Bonchev–Trinajstić information content (AvgIpc) is 3.85. The van der Waals surface area contributed by atoms with E-state index in [1.165, 1.54) is 11.0 Å². The summed E-state index contributed by atoms with van der Waals surface area (Å²) in [6.45, 7) is 5.23. The fourth-order valence-corrected chi connectivity index (χ4v) is 8.59. The topological polar surface area (TPSA) is 121 Å². The van der Waals surface area contributed by atoms with Gasteiger partial charge in [0.2, 0.25) is 0 Å². The number of hydrogen-bond donors (Lipinski definition) is 2. The third-order valence-electron chi connectivity index (χ3n) is 10.9. The predicted octanol–water partition coefficient (Wildman–Crippen LogP) is 4.39. The van der Waals surface area contributed by atoms with Crippen molar-refractivity contribution < 1.29 is 23.8 Å². The zero-order valence-corrected chi connectivity index (χ0v) is 27.8. The molecule has 4 saturated heterocycles. The first-order chi connectivity index (χ1) is 23.2. The predicted molar refractivity (Wildman–Crippen MR) is 180 cm³/mol. The molecule has 8 rings (SSSR count). The van der Waals surface area contributed by atoms with Gasteiger partial charge in [-0.3, -0.25) is 9.47 Å². The number of halogens is 1. The van der Waals surface area contributed by atoms with Crippen molar-refractivity contribution in [3.63, 3.8) is 0 Å². The Kier molecular flexibility index (Phi) is 7.78. The van der Waals surface area contributed by atoms with Crippen molar-refractivity contribution in [2.45, 2.75) is 75.5 Å². The fraction of sp³-hybridized carbons (Fsp3) is 0.543. The molecule has 48 heavy (non-hydrogen) atoms. The molecule has 2 aromatic carbocycles. The van der Waals surface area contributed by atoms with Gasteiger partial charge < -0.3 is 29.7 Å². The Morgan fingerprint density at radius 2 is 1.96 bits per heavy atom. The van der Waals surface area contributed by atoms with Gasteiger partial charge in [-0.15, -0.1) is 0 Å². The zero-order valence-electron chi connectivity index (χ0n) is 27.8. The van der Waals surface area contributed by atoms with Crippen LogP contribution in [-0.4, -0.2) is 111 Å². The van der Waals surface area contributed by atoms with Gasteiger partial charge in [0.05, 0.1) is 11.2 Å². The summed E-state index contributed by atoms with van der Waals surface area (Å²) in [5, 5.41) is 15.9. The number of imidazole rings is 1. The van der Waals surface area contributed by atoms with E-state index < -0.39 is 0 Å². The first-order valence-corrected chi connectivity index (χ1v) is 17.2. The number of aromatic nitrogens is 4. The Balaban J connectivity index is 1.17. The minimum atomic E-state index is -0.330. The number of aromatic hydroxyl groups is 1. The highest BCUT2D eigenvalue weighted by Gasteiger charge is 2.50. The quantitative estimate of drug-likeness (QED) is 0.282. The van der Waals surface area contributed by atoms with E-state index in [1.54, 1.807) is 38.6 Å². The molecule has 4 aliphatic heterocycles. The van der Waals surface area contributed by atoms with Crippen LogP contribution in [0.4, 0.5) is 15.0 Å². The summed E-state index contributed by atoms with van der Waals surface area (Å²) in [4.78, 5) is 33.1. The Hall–Kier alpha value is -4.23. The number of nitrogens with zero attached hydrogens (tertiary/aromatic N) is 7. The zero-order chi connectivity index (χ0) is 33.2. The van der Waals surface area contributed by atoms with E-state index in [-0.39, 0.29) is 35.3 Å². The monoisotopic (exact) mass is 658 g/mol. The number of amides is 1. The highest BCUT2D eigenvalue weighted by atomic mass is 19.1. The number of rotatable bonds is 8. The smallest absolute Gasteiger partial charge is 0.409 e. The number of aryl methyl sites for hydroxylation is 1. The van der Waals surface area contributed by atoms with Gasteiger partial charge >= 0.3 is 12.1 Å². The van der Waals surface area contributed by atoms with Gasteiger partial charge in [0.25, 0.3) is 0 Å². The number of phenolic OH excluding ortho intramolecular Hbond substituents is 1. The van der Waals surface area contributed by atoms with Gasteiger partial charge in [-0.05, 0) is 74.6 Å². The van der Waals surface area contributed by atoms with Gasteiger partial charge in [0, 0.05) is 56.8 Å². The third-order valence-corrected chi connectivity index (χ3v) is 10.9. The number of anilines is 1. The van der Waals surface area contributed by atoms with E-state index in [0.29, 0.717) is 59.5 Å². The van der Waals surface area contributed by atoms with Crippen LogP contribution in [0.25, 0.3) is 27.6 Å². The van der Waals surface area contributed by atoms with Gasteiger partial charge in [-0.1, -0.05) is 13.0 Å². The van der Waals surface area contributed by atoms with Crippen molar-refractivity contribution in [2.75, 3.05) is 51.8 Å². The molecule has 3 unspecified atom stereocenters. The molecule has 4 fully saturated rings. The van der Waals surface area contributed by atoms with E-state index >= 15 is 4.39 Å². The molecule has 4 aliphatic rings. The molecular formula is C35H43FN8O4. The van der Waals surface area contributed by atoms with E-state index in [4.69, 9.17) is 24.4 Å². The second kappa shape index (κ2) is 12.0. The lowest BCUT2D eigenvalue weighted by Crippen LogP contribution is -2.51. The average molecular weight is 659 g/mol. The Bertz CT molecular complexity index is 1870. The summed E-state index contributed by atoms with van der Waals surface area (Å²) in [7, 11) is 3.38. The number of hydrogen-bond acceptors (Lipinski definition) is 10. The van der Waals surface area contributed by atoms with Gasteiger partial charge in [0.1, 0.15) is 31.1 Å².